The number of likely N-dealkylation sites (tertiary alicyclic amines) is 1. The fourth-order valence-electron chi connectivity index (χ4n) is 3.45. The molecule has 2 fully saturated rings. The van der Waals surface area contributed by atoms with Crippen LogP contribution in [-0.4, -0.2) is 62.0 Å². The molecule has 2 rings (SSSR count). The molecule has 2 aliphatic rings. The smallest absolute Gasteiger partial charge is 0.225 e. The van der Waals surface area contributed by atoms with Gasteiger partial charge in [0.1, 0.15) is 0 Å². The zero-order valence-corrected chi connectivity index (χ0v) is 16.6. The van der Waals surface area contributed by atoms with Gasteiger partial charge in [0, 0.05) is 25.6 Å². The third-order valence-electron chi connectivity index (χ3n) is 5.30. The molecule has 4 nitrogen and oxygen atoms in total. The third kappa shape index (κ3) is 6.77. The highest BCUT2D eigenvalue weighted by molar-refractivity contribution is 5.85. The summed E-state index contributed by atoms with van der Waals surface area (Å²) < 4.78 is 0. The molecule has 0 aromatic rings. The number of carbonyl (C=O) groups is 1. The van der Waals surface area contributed by atoms with Crippen molar-refractivity contribution < 1.29 is 4.79 Å². The predicted octanol–water partition coefficient (Wildman–Crippen LogP) is 2.66. The first-order valence-corrected chi connectivity index (χ1v) is 8.79. The van der Waals surface area contributed by atoms with Crippen molar-refractivity contribution in [2.75, 3.05) is 46.3 Å². The van der Waals surface area contributed by atoms with E-state index in [4.69, 9.17) is 0 Å². The van der Waals surface area contributed by atoms with E-state index in [1.165, 1.54) is 38.8 Å². The molecule has 0 saturated carbocycles. The number of hydrogen-bond donors (Lipinski definition) is 1. The number of piperidine rings is 1. The second-order valence-corrected chi connectivity index (χ2v) is 7.09. The number of hydrogen-bond acceptors (Lipinski definition) is 3. The highest BCUT2D eigenvalue weighted by atomic mass is 35.5. The van der Waals surface area contributed by atoms with Crippen LogP contribution in [0.4, 0.5) is 0 Å². The lowest BCUT2D eigenvalue weighted by atomic mass is 9.87. The van der Waals surface area contributed by atoms with Crippen molar-refractivity contribution in [3.8, 4) is 0 Å². The summed E-state index contributed by atoms with van der Waals surface area (Å²) in [7, 11) is 2.23. The standard InChI is InChI=1S/C17H33N3O.2ClH/c1-4-5-8-19(3)13-15-6-9-20(10-7-15)17(21)14(2)16-11-18-12-16;;/h14-16,18H,4-13H2,1-3H3;2*1H. The molecule has 0 aromatic carbocycles. The van der Waals surface area contributed by atoms with Crippen LogP contribution in [-0.2, 0) is 4.79 Å². The van der Waals surface area contributed by atoms with Gasteiger partial charge in [0.25, 0.3) is 0 Å². The normalized spacial score (nSPS) is 20.4. The molecule has 0 aliphatic carbocycles. The van der Waals surface area contributed by atoms with E-state index >= 15 is 0 Å². The number of carbonyl (C=O) groups excluding carboxylic acids is 1. The molecule has 6 heteroatoms. The maximum absolute atomic E-state index is 12.5. The minimum absolute atomic E-state index is 0. The number of unbranched alkanes of at least 4 members (excludes halogenated alkanes) is 1. The van der Waals surface area contributed by atoms with Gasteiger partial charge in [-0.3, -0.25) is 4.79 Å². The lowest BCUT2D eigenvalue weighted by Gasteiger charge is -2.38. The quantitative estimate of drug-likeness (QED) is 0.751. The van der Waals surface area contributed by atoms with Crippen molar-refractivity contribution in [3.63, 3.8) is 0 Å². The van der Waals surface area contributed by atoms with Gasteiger partial charge in [0.05, 0.1) is 0 Å². The average Bonchev–Trinajstić information content (AvgIpc) is 2.43. The summed E-state index contributed by atoms with van der Waals surface area (Å²) >= 11 is 0. The van der Waals surface area contributed by atoms with Crippen LogP contribution in [0.2, 0.25) is 0 Å². The molecule has 0 bridgehead atoms. The van der Waals surface area contributed by atoms with E-state index in [2.05, 4.69) is 36.0 Å². The van der Waals surface area contributed by atoms with E-state index in [1.807, 2.05) is 0 Å². The molecule has 0 radical (unpaired) electrons. The number of rotatable bonds is 7. The summed E-state index contributed by atoms with van der Waals surface area (Å²) in [5.74, 6) is 1.93. The minimum atomic E-state index is 0. The van der Waals surface area contributed by atoms with Crippen molar-refractivity contribution in [1.82, 2.24) is 15.1 Å². The first kappa shape index (κ1) is 23.0. The van der Waals surface area contributed by atoms with Crippen LogP contribution in [0.1, 0.15) is 39.5 Å². The van der Waals surface area contributed by atoms with E-state index in [1.54, 1.807) is 0 Å². The summed E-state index contributed by atoms with van der Waals surface area (Å²) in [6.45, 7) is 10.7. The highest BCUT2D eigenvalue weighted by Gasteiger charge is 2.33. The largest absolute Gasteiger partial charge is 0.342 e. The van der Waals surface area contributed by atoms with Crippen LogP contribution in [0.3, 0.4) is 0 Å². The Balaban J connectivity index is 0.00000242. The topological polar surface area (TPSA) is 35.6 Å². The molecule has 0 spiro atoms. The molecule has 2 heterocycles. The molecule has 1 atom stereocenters. The Bertz CT molecular complexity index is 332. The SMILES string of the molecule is CCCCN(C)CC1CCN(C(=O)C(C)C2CNC2)CC1.Cl.Cl. The summed E-state index contributed by atoms with van der Waals surface area (Å²) in [5, 5.41) is 3.27. The molecule has 1 N–H and O–H groups in total. The van der Waals surface area contributed by atoms with Gasteiger partial charge < -0.3 is 15.1 Å². The van der Waals surface area contributed by atoms with Crippen LogP contribution < -0.4 is 5.32 Å². The first-order valence-electron chi connectivity index (χ1n) is 8.79. The van der Waals surface area contributed by atoms with Gasteiger partial charge in [-0.1, -0.05) is 20.3 Å². The van der Waals surface area contributed by atoms with Gasteiger partial charge in [-0.2, -0.15) is 0 Å². The Morgan fingerprint density at radius 1 is 1.26 bits per heavy atom. The van der Waals surface area contributed by atoms with Gasteiger partial charge in [0.15, 0.2) is 0 Å². The summed E-state index contributed by atoms with van der Waals surface area (Å²) in [6.07, 6.45) is 4.92. The van der Waals surface area contributed by atoms with Crippen molar-refractivity contribution in [2.45, 2.75) is 39.5 Å². The van der Waals surface area contributed by atoms with Crippen molar-refractivity contribution >= 4 is 30.7 Å². The molecule has 23 heavy (non-hydrogen) atoms. The van der Waals surface area contributed by atoms with Crippen molar-refractivity contribution in [1.29, 1.82) is 0 Å². The number of nitrogens with zero attached hydrogens (tertiary/aromatic N) is 2. The first-order chi connectivity index (χ1) is 10.1. The van der Waals surface area contributed by atoms with Gasteiger partial charge in [-0.05, 0) is 57.8 Å². The zero-order valence-electron chi connectivity index (χ0n) is 14.9. The minimum Gasteiger partial charge on any atom is -0.342 e. The second-order valence-electron chi connectivity index (χ2n) is 7.09. The highest BCUT2D eigenvalue weighted by Crippen LogP contribution is 2.23. The van der Waals surface area contributed by atoms with Crippen LogP contribution in [0.15, 0.2) is 0 Å². The lowest BCUT2D eigenvalue weighted by molar-refractivity contribution is -0.138. The van der Waals surface area contributed by atoms with E-state index in [0.717, 1.165) is 32.1 Å². The molecule has 1 amide bonds. The fraction of sp³-hybridized carbons (Fsp3) is 0.941. The van der Waals surface area contributed by atoms with Crippen LogP contribution >= 0.6 is 24.8 Å². The van der Waals surface area contributed by atoms with Crippen molar-refractivity contribution in [2.24, 2.45) is 17.8 Å². The Labute approximate surface area is 154 Å². The number of nitrogens with one attached hydrogen (secondary N) is 1. The van der Waals surface area contributed by atoms with Crippen LogP contribution in [0, 0.1) is 17.8 Å². The number of halogens is 2. The summed E-state index contributed by atoms with van der Waals surface area (Å²) in [4.78, 5) is 17.1. The monoisotopic (exact) mass is 367 g/mol. The Hall–Kier alpha value is -0.0300. The molecule has 2 saturated heterocycles. The Kier molecular flexibility index (Phi) is 11.5. The van der Waals surface area contributed by atoms with E-state index < -0.39 is 0 Å². The van der Waals surface area contributed by atoms with E-state index in [9.17, 15) is 4.79 Å². The van der Waals surface area contributed by atoms with Crippen LogP contribution in [0.25, 0.3) is 0 Å². The predicted molar refractivity (Wildman–Crippen MR) is 102 cm³/mol. The second kappa shape index (κ2) is 11.5. The van der Waals surface area contributed by atoms with Gasteiger partial charge in [-0.15, -0.1) is 24.8 Å². The van der Waals surface area contributed by atoms with Gasteiger partial charge >= 0.3 is 0 Å². The third-order valence-corrected chi connectivity index (χ3v) is 5.30. The number of amides is 1. The molecule has 138 valence electrons. The average molecular weight is 368 g/mol. The summed E-state index contributed by atoms with van der Waals surface area (Å²) in [6, 6.07) is 0. The molecule has 2 aliphatic heterocycles. The van der Waals surface area contributed by atoms with Crippen molar-refractivity contribution in [3.05, 3.63) is 0 Å². The maximum atomic E-state index is 12.5. The van der Waals surface area contributed by atoms with Crippen LogP contribution in [0.5, 0.6) is 0 Å². The summed E-state index contributed by atoms with van der Waals surface area (Å²) in [5.41, 5.74) is 0. The lowest BCUT2D eigenvalue weighted by Crippen LogP contribution is -2.51. The molecule has 0 aromatic heterocycles. The zero-order chi connectivity index (χ0) is 15.2. The van der Waals surface area contributed by atoms with E-state index in [-0.39, 0.29) is 30.7 Å². The molecular formula is C17H35Cl2N3O. The molecule has 1 unspecified atom stereocenters. The maximum Gasteiger partial charge on any atom is 0.225 e. The Morgan fingerprint density at radius 2 is 1.87 bits per heavy atom. The van der Waals surface area contributed by atoms with Gasteiger partial charge in [0.2, 0.25) is 5.91 Å². The molecular weight excluding hydrogens is 333 g/mol. The fourth-order valence-corrected chi connectivity index (χ4v) is 3.45. The Morgan fingerprint density at radius 3 is 2.35 bits per heavy atom. The van der Waals surface area contributed by atoms with E-state index in [0.29, 0.717) is 11.8 Å². The van der Waals surface area contributed by atoms with Gasteiger partial charge in [-0.25, -0.2) is 0 Å².